The van der Waals surface area contributed by atoms with Gasteiger partial charge in [-0.15, -0.1) is 0 Å². The summed E-state index contributed by atoms with van der Waals surface area (Å²) in [5.41, 5.74) is 1.57. The number of aromatic nitrogens is 1. The predicted molar refractivity (Wildman–Crippen MR) is 80.5 cm³/mol. The summed E-state index contributed by atoms with van der Waals surface area (Å²) >= 11 is 0. The smallest absolute Gasteiger partial charge is 0.261 e. The number of carbonyl (C=O) groups is 1. The number of aryl methyl sites for hydroxylation is 1. The standard InChI is InChI=1S/C14H15N3O3S/c1-10-14(4-3-9-15-10)17-21(19,20)13-7-5-12(6-8-13)16-11(2)18/h3-9,17H,1-2H3,(H,16,18). The van der Waals surface area contributed by atoms with Gasteiger partial charge in [-0.1, -0.05) is 0 Å². The quantitative estimate of drug-likeness (QED) is 0.906. The SMILES string of the molecule is CC(=O)Nc1ccc(S(=O)(=O)Nc2cccnc2C)cc1. The molecule has 2 rings (SSSR count). The van der Waals surface area contributed by atoms with Crippen LogP contribution in [0.3, 0.4) is 0 Å². The zero-order valence-electron chi connectivity index (χ0n) is 11.6. The van der Waals surface area contributed by atoms with E-state index in [1.807, 2.05) is 0 Å². The molecular weight excluding hydrogens is 290 g/mol. The zero-order valence-corrected chi connectivity index (χ0v) is 12.4. The number of hydrogen-bond acceptors (Lipinski definition) is 4. The van der Waals surface area contributed by atoms with E-state index in [9.17, 15) is 13.2 Å². The van der Waals surface area contributed by atoms with Crippen LogP contribution in [0.2, 0.25) is 0 Å². The van der Waals surface area contributed by atoms with E-state index in [-0.39, 0.29) is 10.8 Å². The van der Waals surface area contributed by atoms with Gasteiger partial charge in [-0.3, -0.25) is 14.5 Å². The van der Waals surface area contributed by atoms with Gasteiger partial charge in [-0.05, 0) is 43.3 Å². The highest BCUT2D eigenvalue weighted by Crippen LogP contribution is 2.19. The summed E-state index contributed by atoms with van der Waals surface area (Å²) in [5.74, 6) is -0.213. The number of hydrogen-bond donors (Lipinski definition) is 2. The zero-order chi connectivity index (χ0) is 15.5. The topological polar surface area (TPSA) is 88.2 Å². The first-order valence-electron chi connectivity index (χ1n) is 6.20. The van der Waals surface area contributed by atoms with Crippen molar-refractivity contribution < 1.29 is 13.2 Å². The third-order valence-electron chi connectivity index (χ3n) is 2.74. The van der Waals surface area contributed by atoms with Gasteiger partial charge in [-0.2, -0.15) is 0 Å². The van der Waals surface area contributed by atoms with E-state index in [1.165, 1.54) is 31.2 Å². The fraction of sp³-hybridized carbons (Fsp3) is 0.143. The van der Waals surface area contributed by atoms with Crippen LogP contribution in [0.5, 0.6) is 0 Å². The third kappa shape index (κ3) is 3.79. The maximum Gasteiger partial charge on any atom is 0.261 e. The molecule has 0 bridgehead atoms. The number of rotatable bonds is 4. The molecule has 2 aromatic rings. The molecule has 0 spiro atoms. The summed E-state index contributed by atoms with van der Waals surface area (Å²) in [6.45, 7) is 3.11. The van der Waals surface area contributed by atoms with E-state index in [1.54, 1.807) is 25.3 Å². The van der Waals surface area contributed by atoms with Crippen molar-refractivity contribution in [1.82, 2.24) is 4.98 Å². The number of anilines is 2. The van der Waals surface area contributed by atoms with Crippen LogP contribution < -0.4 is 10.0 Å². The number of benzene rings is 1. The summed E-state index contributed by atoms with van der Waals surface area (Å²) in [5, 5.41) is 2.58. The summed E-state index contributed by atoms with van der Waals surface area (Å²) < 4.78 is 27.0. The summed E-state index contributed by atoms with van der Waals surface area (Å²) in [4.78, 5) is 15.1. The maximum atomic E-state index is 12.3. The molecule has 1 aromatic heterocycles. The Morgan fingerprint density at radius 3 is 2.38 bits per heavy atom. The highest BCUT2D eigenvalue weighted by molar-refractivity contribution is 7.92. The second-order valence-corrected chi connectivity index (χ2v) is 6.13. The molecule has 0 radical (unpaired) electrons. The average Bonchev–Trinajstić information content (AvgIpc) is 2.41. The van der Waals surface area contributed by atoms with Crippen LogP contribution in [0, 0.1) is 6.92 Å². The van der Waals surface area contributed by atoms with E-state index < -0.39 is 10.0 Å². The van der Waals surface area contributed by atoms with Crippen molar-refractivity contribution >= 4 is 27.3 Å². The van der Waals surface area contributed by atoms with E-state index in [2.05, 4.69) is 15.0 Å². The number of carbonyl (C=O) groups excluding carboxylic acids is 1. The number of amides is 1. The Labute approximate surface area is 123 Å². The molecule has 0 aliphatic rings. The number of sulfonamides is 1. The fourth-order valence-electron chi connectivity index (χ4n) is 1.72. The molecule has 2 N–H and O–H groups in total. The minimum absolute atomic E-state index is 0.111. The Morgan fingerprint density at radius 1 is 1.14 bits per heavy atom. The fourth-order valence-corrected chi connectivity index (χ4v) is 2.83. The molecular formula is C14H15N3O3S. The first kappa shape index (κ1) is 15.0. The Morgan fingerprint density at radius 2 is 1.81 bits per heavy atom. The van der Waals surface area contributed by atoms with Gasteiger partial charge in [0.25, 0.3) is 10.0 Å². The highest BCUT2D eigenvalue weighted by Gasteiger charge is 2.15. The number of pyridine rings is 1. The molecule has 1 amide bonds. The Balaban J connectivity index is 2.24. The molecule has 6 nitrogen and oxygen atoms in total. The van der Waals surface area contributed by atoms with Crippen LogP contribution in [-0.2, 0) is 14.8 Å². The van der Waals surface area contributed by atoms with Gasteiger partial charge in [-0.25, -0.2) is 8.42 Å². The lowest BCUT2D eigenvalue weighted by molar-refractivity contribution is -0.114. The monoisotopic (exact) mass is 305 g/mol. The molecule has 110 valence electrons. The molecule has 21 heavy (non-hydrogen) atoms. The van der Waals surface area contributed by atoms with Gasteiger partial charge in [0.05, 0.1) is 16.3 Å². The lowest BCUT2D eigenvalue weighted by Crippen LogP contribution is -2.14. The average molecular weight is 305 g/mol. The summed E-state index contributed by atoms with van der Waals surface area (Å²) in [7, 11) is -3.68. The van der Waals surface area contributed by atoms with Crippen molar-refractivity contribution in [3.8, 4) is 0 Å². The van der Waals surface area contributed by atoms with Crippen molar-refractivity contribution in [1.29, 1.82) is 0 Å². The second kappa shape index (κ2) is 5.92. The van der Waals surface area contributed by atoms with Gasteiger partial charge in [0, 0.05) is 18.8 Å². The van der Waals surface area contributed by atoms with Crippen LogP contribution in [0.15, 0.2) is 47.5 Å². The second-order valence-electron chi connectivity index (χ2n) is 4.45. The molecule has 1 aromatic carbocycles. The molecule has 0 unspecified atom stereocenters. The molecule has 0 aliphatic carbocycles. The highest BCUT2D eigenvalue weighted by atomic mass is 32.2. The van der Waals surface area contributed by atoms with Gasteiger partial charge in [0.2, 0.25) is 5.91 Å². The summed E-state index contributed by atoms with van der Waals surface area (Å²) in [6.07, 6.45) is 1.59. The van der Waals surface area contributed by atoms with Gasteiger partial charge >= 0.3 is 0 Å². The van der Waals surface area contributed by atoms with Crippen molar-refractivity contribution in [3.63, 3.8) is 0 Å². The Bertz CT molecular complexity index is 755. The molecule has 0 saturated heterocycles. The maximum absolute atomic E-state index is 12.3. The lowest BCUT2D eigenvalue weighted by Gasteiger charge is -2.10. The summed E-state index contributed by atoms with van der Waals surface area (Å²) in [6, 6.07) is 9.23. The molecule has 1 heterocycles. The number of nitrogens with one attached hydrogen (secondary N) is 2. The minimum Gasteiger partial charge on any atom is -0.326 e. The Kier molecular flexibility index (Phi) is 4.23. The van der Waals surface area contributed by atoms with Crippen LogP contribution in [0.25, 0.3) is 0 Å². The van der Waals surface area contributed by atoms with E-state index >= 15 is 0 Å². The predicted octanol–water partition coefficient (Wildman–Crippen LogP) is 2.15. The van der Waals surface area contributed by atoms with Crippen molar-refractivity contribution in [2.45, 2.75) is 18.7 Å². The van der Waals surface area contributed by atoms with Crippen LogP contribution >= 0.6 is 0 Å². The lowest BCUT2D eigenvalue weighted by atomic mass is 10.3. The molecule has 0 aliphatic heterocycles. The van der Waals surface area contributed by atoms with Crippen LogP contribution in [0.4, 0.5) is 11.4 Å². The Hall–Kier alpha value is -2.41. The van der Waals surface area contributed by atoms with E-state index in [0.717, 1.165) is 0 Å². The van der Waals surface area contributed by atoms with Crippen LogP contribution in [-0.4, -0.2) is 19.3 Å². The van der Waals surface area contributed by atoms with E-state index in [4.69, 9.17) is 0 Å². The molecule has 0 saturated carbocycles. The van der Waals surface area contributed by atoms with Gasteiger partial charge in [0.15, 0.2) is 0 Å². The van der Waals surface area contributed by atoms with Crippen LogP contribution in [0.1, 0.15) is 12.6 Å². The van der Waals surface area contributed by atoms with Crippen molar-refractivity contribution in [2.24, 2.45) is 0 Å². The first-order valence-corrected chi connectivity index (χ1v) is 7.69. The molecule has 7 heteroatoms. The normalized spacial score (nSPS) is 11.0. The molecule has 0 atom stereocenters. The number of nitrogens with zero attached hydrogens (tertiary/aromatic N) is 1. The van der Waals surface area contributed by atoms with Gasteiger partial charge < -0.3 is 5.32 Å². The van der Waals surface area contributed by atoms with E-state index in [0.29, 0.717) is 17.1 Å². The largest absolute Gasteiger partial charge is 0.326 e. The van der Waals surface area contributed by atoms with Gasteiger partial charge in [0.1, 0.15) is 0 Å². The minimum atomic E-state index is -3.68. The molecule has 0 fully saturated rings. The van der Waals surface area contributed by atoms with Crippen molar-refractivity contribution in [3.05, 3.63) is 48.3 Å². The van der Waals surface area contributed by atoms with Crippen molar-refractivity contribution in [2.75, 3.05) is 10.0 Å². The first-order chi connectivity index (χ1) is 9.88. The third-order valence-corrected chi connectivity index (χ3v) is 4.12.